The molecule has 28 aromatic rings. The molecule has 0 saturated heterocycles. The Morgan fingerprint density at radius 1 is 0.153 bits per heavy atom. The average molecular weight is 1830 g/mol. The zero-order valence-corrected chi connectivity index (χ0v) is 76.7. The molecular weight excluding hydrogens is 1760 g/mol. The standard InChI is InChI=1S/4C32H18N4/c1-33-21-15-17-30-25(19-21)26-20-22(16-18-31(26)36(30)32-14-8-5-11-27(32)34-2)35-28-12-6-3-9-23(28)24-10-4-7-13-29(24)35;1-33-21-8-7-9-23(18-21)35-31-16-14-22(34-2)19-27(31)28-20-24(15-17-32(28)35)36-29-12-5-3-10-25(29)26-11-4-6-13-30(26)36;1-34-22-12-16-31-27(18-22)28-19-24(15-17-32(28)35(31)23-13-10-21(20-33)11-14-23)36-29-8-4-2-6-25(29)26-7-3-5-9-30(26)36;33-19-21-9-12-23(13-10-21)35-29-7-3-2-6-26(29)28-18-24(14-16-32(28)35)36-30-8-4-1-5-25(30)27-17-22(20-34)11-15-31(27)36/h2*3-20H;2-19H;1-18H. The maximum Gasteiger partial charge on any atom is 0.210 e. The summed E-state index contributed by atoms with van der Waals surface area (Å²) in [5.74, 6) is 0. The van der Waals surface area contributed by atoms with Crippen LogP contribution < -0.4 is 0 Å². The molecule has 28 rings (SSSR count). The Labute approximate surface area is 823 Å². The van der Waals surface area contributed by atoms with E-state index in [2.05, 4.69) is 340 Å². The van der Waals surface area contributed by atoms with Crippen molar-refractivity contribution in [3.8, 4) is 63.7 Å². The number of rotatable bonds is 8. The minimum absolute atomic E-state index is 0.594. The lowest BCUT2D eigenvalue weighted by atomic mass is 10.1. The molecule has 0 radical (unpaired) electrons. The predicted molar refractivity (Wildman–Crippen MR) is 586 cm³/mol. The number of hydrogen-bond donors (Lipinski definition) is 0. The van der Waals surface area contributed by atoms with Crippen molar-refractivity contribution in [2.45, 2.75) is 0 Å². The van der Waals surface area contributed by atoms with Crippen LogP contribution in [0.3, 0.4) is 0 Å². The van der Waals surface area contributed by atoms with E-state index in [9.17, 15) is 15.8 Å². The first-order valence-electron chi connectivity index (χ1n) is 46.8. The van der Waals surface area contributed by atoms with Gasteiger partial charge in [0, 0.05) is 110 Å². The third-order valence-electron chi connectivity index (χ3n) is 27.8. The van der Waals surface area contributed by atoms with Gasteiger partial charge in [0.1, 0.15) is 0 Å². The molecule has 8 heterocycles. The molecule has 0 aliphatic carbocycles. The molecule has 0 amide bonds. The van der Waals surface area contributed by atoms with E-state index in [0.29, 0.717) is 45.1 Å². The molecule has 0 atom stereocenters. The Kier molecular flexibility index (Phi) is 20.2. The molecule has 16 heteroatoms. The number of nitrogens with zero attached hydrogens (tertiary/aromatic N) is 16. The molecular formula is C128H72N16. The zero-order chi connectivity index (χ0) is 96.9. The van der Waals surface area contributed by atoms with Crippen molar-refractivity contribution in [2.75, 3.05) is 0 Å². The van der Waals surface area contributed by atoms with E-state index in [1.54, 1.807) is 0 Å². The second-order valence-corrected chi connectivity index (χ2v) is 35.5. The fraction of sp³-hybridized carbons (Fsp3) is 0. The summed E-state index contributed by atoms with van der Waals surface area (Å²) in [5.41, 5.74) is 30.5. The average Bonchev–Trinajstić information content (AvgIpc) is 1.59. The van der Waals surface area contributed by atoms with Gasteiger partial charge in [0.25, 0.3) is 0 Å². The summed E-state index contributed by atoms with van der Waals surface area (Å²) < 4.78 is 18.0. The summed E-state index contributed by atoms with van der Waals surface area (Å²) in [7, 11) is 0. The molecule has 0 spiro atoms. The molecule has 0 saturated carbocycles. The second kappa shape index (κ2) is 34.5. The first-order valence-corrected chi connectivity index (χ1v) is 46.8. The van der Waals surface area contributed by atoms with Crippen LogP contribution in [0.5, 0.6) is 0 Å². The SMILES string of the molecule is N#Cc1ccc(-n2c3ccccc3c3cc(-n4c5ccccc5c5cc(C#N)ccc54)ccc32)cc1.[C-]#[N+]c1ccc2c(c1)c1cc(-n3c4ccccc4c4ccccc43)ccc1n2-c1ccc(C#N)cc1.[C-]#[N+]c1ccc2c(c1)c1cc(-n3c4ccccc4c4ccccc43)ccc1n2-c1ccccc1[N+]#[C-].[C-]#[N+]c1cccc(-n2c3ccc([N+]#[C-])cc3c3cc(-n4c5ccccc5c5ccccc54)ccc32)c1. The molecule has 0 unspecified atom stereocenters. The van der Waals surface area contributed by atoms with Gasteiger partial charge in [0.05, 0.1) is 162 Å². The largest absolute Gasteiger partial charge is 0.319 e. The third kappa shape index (κ3) is 13.7. The van der Waals surface area contributed by atoms with Gasteiger partial charge < -0.3 is 36.5 Å². The Balaban J connectivity index is 0.000000101. The maximum absolute atomic E-state index is 9.46. The highest BCUT2D eigenvalue weighted by Gasteiger charge is 2.25. The van der Waals surface area contributed by atoms with Crippen LogP contribution in [0.2, 0.25) is 0 Å². The quantitative estimate of drug-likeness (QED) is 0.140. The van der Waals surface area contributed by atoms with Gasteiger partial charge in [0.2, 0.25) is 5.69 Å². The fourth-order valence-electron chi connectivity index (χ4n) is 21.6. The van der Waals surface area contributed by atoms with Crippen molar-refractivity contribution in [3.05, 3.63) is 511 Å². The van der Waals surface area contributed by atoms with Gasteiger partial charge in [-0.1, -0.05) is 194 Å². The van der Waals surface area contributed by atoms with Crippen molar-refractivity contribution < 1.29 is 0 Å². The van der Waals surface area contributed by atoms with E-state index in [4.69, 9.17) is 32.9 Å². The molecule has 0 N–H and O–H groups in total. The smallest absolute Gasteiger partial charge is 0.210 e. The first-order chi connectivity index (χ1) is 71.1. The zero-order valence-electron chi connectivity index (χ0n) is 76.7. The van der Waals surface area contributed by atoms with E-state index < -0.39 is 0 Å². The topological polar surface area (TPSA) is 133 Å². The van der Waals surface area contributed by atoms with Crippen molar-refractivity contribution >= 4 is 203 Å². The summed E-state index contributed by atoms with van der Waals surface area (Å²) in [6.07, 6.45) is 0. The predicted octanol–water partition coefficient (Wildman–Crippen LogP) is 33.9. The van der Waals surface area contributed by atoms with Crippen molar-refractivity contribution in [1.29, 1.82) is 15.8 Å². The van der Waals surface area contributed by atoms with Gasteiger partial charge in [0.15, 0.2) is 22.7 Å². The monoisotopic (exact) mass is 1830 g/mol. The Morgan fingerprint density at radius 3 is 0.674 bits per heavy atom. The molecule has 664 valence electrons. The van der Waals surface area contributed by atoms with Gasteiger partial charge in [-0.05, 0) is 259 Å². The lowest BCUT2D eigenvalue weighted by Gasteiger charge is -2.11. The van der Waals surface area contributed by atoms with Gasteiger partial charge >= 0.3 is 0 Å². The highest BCUT2D eigenvalue weighted by atomic mass is 15.1. The number of para-hydroxylation sites is 10. The summed E-state index contributed by atoms with van der Waals surface area (Å²) in [6.45, 7) is 37.9. The van der Waals surface area contributed by atoms with E-state index in [-0.39, 0.29) is 0 Å². The molecule has 0 bridgehead atoms. The van der Waals surface area contributed by atoms with E-state index in [1.165, 1.54) is 37.7 Å². The summed E-state index contributed by atoms with van der Waals surface area (Å²) in [6, 6.07) is 155. The highest BCUT2D eigenvalue weighted by molar-refractivity contribution is 6.19. The molecule has 16 nitrogen and oxygen atoms in total. The van der Waals surface area contributed by atoms with Gasteiger partial charge in [-0.25, -0.2) is 24.2 Å². The number of fused-ring (bicyclic) bond motifs is 24. The lowest BCUT2D eigenvalue weighted by molar-refractivity contribution is 1.16. The molecule has 0 aliphatic heterocycles. The van der Waals surface area contributed by atoms with Gasteiger partial charge in [-0.15, -0.1) is 0 Å². The molecule has 8 aromatic heterocycles. The van der Waals surface area contributed by atoms with Crippen LogP contribution in [0, 0.1) is 66.9 Å². The first kappa shape index (κ1) is 84.5. The number of nitriles is 3. The Bertz CT molecular complexity index is 10500. The maximum atomic E-state index is 9.46. The van der Waals surface area contributed by atoms with E-state index >= 15 is 0 Å². The van der Waals surface area contributed by atoms with Gasteiger partial charge in [-0.3, -0.25) is 0 Å². The minimum atomic E-state index is 0.594. The number of hydrogen-bond acceptors (Lipinski definition) is 3. The van der Waals surface area contributed by atoms with Crippen molar-refractivity contribution in [3.63, 3.8) is 0 Å². The molecule has 20 aromatic carbocycles. The second-order valence-electron chi connectivity index (χ2n) is 35.5. The minimum Gasteiger partial charge on any atom is -0.319 e. The normalized spacial score (nSPS) is 11.3. The van der Waals surface area contributed by atoms with E-state index in [1.807, 2.05) is 176 Å². The van der Waals surface area contributed by atoms with Crippen LogP contribution in [0.1, 0.15) is 16.7 Å². The summed E-state index contributed by atoms with van der Waals surface area (Å²) in [5, 5.41) is 46.1. The summed E-state index contributed by atoms with van der Waals surface area (Å²) in [4.78, 5) is 18.5. The molecule has 0 aliphatic rings. The van der Waals surface area contributed by atoms with Gasteiger partial charge in [-0.2, -0.15) is 15.8 Å². The van der Waals surface area contributed by atoms with Crippen molar-refractivity contribution in [2.24, 2.45) is 0 Å². The van der Waals surface area contributed by atoms with Crippen molar-refractivity contribution in [1.82, 2.24) is 36.5 Å². The Hall–Kier alpha value is -21.3. The molecule has 0 fully saturated rings. The van der Waals surface area contributed by atoms with Crippen LogP contribution in [0.15, 0.2) is 437 Å². The third-order valence-corrected chi connectivity index (χ3v) is 27.8. The van der Waals surface area contributed by atoms with E-state index in [0.717, 1.165) is 182 Å². The summed E-state index contributed by atoms with van der Waals surface area (Å²) >= 11 is 0. The highest BCUT2D eigenvalue weighted by Crippen LogP contribution is 2.46. The van der Waals surface area contributed by atoms with Crippen LogP contribution in [0.25, 0.3) is 244 Å². The Morgan fingerprint density at radius 2 is 0.368 bits per heavy atom. The van der Waals surface area contributed by atoms with Crippen LogP contribution in [0.4, 0.5) is 28.4 Å². The fourth-order valence-corrected chi connectivity index (χ4v) is 21.6. The van der Waals surface area contributed by atoms with Crippen LogP contribution in [-0.4, -0.2) is 36.5 Å². The number of benzene rings is 20. The van der Waals surface area contributed by atoms with Crippen LogP contribution in [-0.2, 0) is 0 Å². The molecule has 144 heavy (non-hydrogen) atoms. The lowest BCUT2D eigenvalue weighted by Crippen LogP contribution is -1.96. The number of aromatic nitrogens is 8. The van der Waals surface area contributed by atoms with Crippen LogP contribution >= 0.6 is 0 Å².